The van der Waals surface area contributed by atoms with Gasteiger partial charge in [-0.2, -0.15) is 0 Å². The molecule has 0 radical (unpaired) electrons. The van der Waals surface area contributed by atoms with Gasteiger partial charge in [0.1, 0.15) is 0 Å². The van der Waals surface area contributed by atoms with Crippen LogP contribution >= 0.6 is 0 Å². The van der Waals surface area contributed by atoms with E-state index < -0.39 is 0 Å². The lowest BCUT2D eigenvalue weighted by Crippen LogP contribution is -2.45. The van der Waals surface area contributed by atoms with Crippen molar-refractivity contribution in [1.82, 2.24) is 10.2 Å². The predicted octanol–water partition coefficient (Wildman–Crippen LogP) is 2.10. The first kappa shape index (κ1) is 16.5. The van der Waals surface area contributed by atoms with Crippen molar-refractivity contribution in [3.8, 4) is 0 Å². The maximum absolute atomic E-state index is 12.0. The third-order valence-corrected chi connectivity index (χ3v) is 3.36. The molecule has 1 aromatic carbocycles. The Morgan fingerprint density at radius 2 is 1.65 bits per heavy atom. The summed E-state index contributed by atoms with van der Waals surface area (Å²) < 4.78 is 0. The summed E-state index contributed by atoms with van der Waals surface area (Å²) >= 11 is 0. The minimum atomic E-state index is -0.133. The molecule has 4 nitrogen and oxygen atoms in total. The van der Waals surface area contributed by atoms with E-state index in [-0.39, 0.29) is 18.0 Å². The molecule has 1 amide bonds. The average molecular weight is 277 g/mol. The molecule has 0 saturated carbocycles. The number of benzene rings is 1. The van der Waals surface area contributed by atoms with Crippen molar-refractivity contribution < 1.29 is 4.79 Å². The summed E-state index contributed by atoms with van der Waals surface area (Å²) in [5, 5.41) is 2.95. The highest BCUT2D eigenvalue weighted by Crippen LogP contribution is 2.14. The number of nitrogens with one attached hydrogen (secondary N) is 1. The number of hydrogen-bond acceptors (Lipinski definition) is 3. The zero-order chi connectivity index (χ0) is 15.3. The van der Waals surface area contributed by atoms with Gasteiger partial charge in [0.15, 0.2) is 0 Å². The lowest BCUT2D eigenvalue weighted by atomic mass is 10.1. The first-order chi connectivity index (χ1) is 9.31. The van der Waals surface area contributed by atoms with Crippen molar-refractivity contribution in [3.63, 3.8) is 0 Å². The second-order valence-corrected chi connectivity index (χ2v) is 5.82. The Bertz CT molecular complexity index is 426. The zero-order valence-corrected chi connectivity index (χ0v) is 13.5. The molecule has 1 aromatic rings. The standard InChI is InChI=1S/C16H27N3O/c1-12(2)17-16(20)13(3)19(6)11-14-7-9-15(10-8-14)18(4)5/h7-10,12-13H,11H2,1-6H3,(H,17,20)/t13-/m1/s1. The van der Waals surface area contributed by atoms with Crippen molar-refractivity contribution in [1.29, 1.82) is 0 Å². The normalized spacial score (nSPS) is 12.6. The Hall–Kier alpha value is -1.55. The Balaban J connectivity index is 2.61. The predicted molar refractivity (Wildman–Crippen MR) is 85.0 cm³/mol. The molecular formula is C16H27N3O. The summed E-state index contributed by atoms with van der Waals surface area (Å²) in [6.45, 7) is 6.65. The number of nitrogens with zero attached hydrogens (tertiary/aromatic N) is 2. The Morgan fingerprint density at radius 1 is 1.10 bits per heavy atom. The van der Waals surface area contributed by atoms with Crippen molar-refractivity contribution in [2.24, 2.45) is 0 Å². The Labute approximate surface area is 122 Å². The van der Waals surface area contributed by atoms with E-state index in [0.717, 1.165) is 6.54 Å². The number of anilines is 1. The maximum Gasteiger partial charge on any atom is 0.237 e. The van der Waals surface area contributed by atoms with Crippen LogP contribution in [-0.2, 0) is 11.3 Å². The third kappa shape index (κ3) is 4.85. The summed E-state index contributed by atoms with van der Waals surface area (Å²) in [6.07, 6.45) is 0. The molecule has 4 heteroatoms. The highest BCUT2D eigenvalue weighted by atomic mass is 16.2. The third-order valence-electron chi connectivity index (χ3n) is 3.36. The van der Waals surface area contributed by atoms with E-state index in [9.17, 15) is 4.79 Å². The highest BCUT2D eigenvalue weighted by molar-refractivity contribution is 5.81. The van der Waals surface area contributed by atoms with Crippen LogP contribution in [0.25, 0.3) is 0 Å². The molecule has 0 spiro atoms. The summed E-state index contributed by atoms with van der Waals surface area (Å²) in [5.74, 6) is 0.0763. The lowest BCUT2D eigenvalue weighted by molar-refractivity contribution is -0.126. The highest BCUT2D eigenvalue weighted by Gasteiger charge is 2.18. The summed E-state index contributed by atoms with van der Waals surface area (Å²) in [7, 11) is 6.03. The van der Waals surface area contributed by atoms with Gasteiger partial charge in [-0.25, -0.2) is 0 Å². The number of hydrogen-bond donors (Lipinski definition) is 1. The van der Waals surface area contributed by atoms with Gasteiger partial charge in [0.2, 0.25) is 5.91 Å². The molecular weight excluding hydrogens is 250 g/mol. The van der Waals surface area contributed by atoms with Gasteiger partial charge < -0.3 is 10.2 Å². The van der Waals surface area contributed by atoms with Crippen molar-refractivity contribution in [2.45, 2.75) is 39.4 Å². The molecule has 0 aromatic heterocycles. The Morgan fingerprint density at radius 3 is 2.10 bits per heavy atom. The molecule has 0 aliphatic carbocycles. The zero-order valence-electron chi connectivity index (χ0n) is 13.5. The summed E-state index contributed by atoms with van der Waals surface area (Å²) in [4.78, 5) is 16.1. The van der Waals surface area contributed by atoms with E-state index in [1.54, 1.807) is 0 Å². The Kier molecular flexibility index (Phi) is 6.02. The van der Waals surface area contributed by atoms with Crippen molar-refractivity contribution in [2.75, 3.05) is 26.0 Å². The molecule has 0 saturated heterocycles. The second kappa shape index (κ2) is 7.29. The fraction of sp³-hybridized carbons (Fsp3) is 0.562. The van der Waals surface area contributed by atoms with Gasteiger partial charge in [-0.3, -0.25) is 9.69 Å². The van der Waals surface area contributed by atoms with Gasteiger partial charge in [0, 0.05) is 32.4 Å². The van der Waals surface area contributed by atoms with Crippen LogP contribution in [0.2, 0.25) is 0 Å². The smallest absolute Gasteiger partial charge is 0.237 e. The van der Waals surface area contributed by atoms with Gasteiger partial charge in [-0.15, -0.1) is 0 Å². The van der Waals surface area contributed by atoms with E-state index in [1.165, 1.54) is 11.3 Å². The molecule has 1 rings (SSSR count). The molecule has 0 heterocycles. The first-order valence-corrected chi connectivity index (χ1v) is 7.08. The molecule has 0 bridgehead atoms. The van der Waals surface area contributed by atoms with Gasteiger partial charge in [-0.05, 0) is 45.5 Å². The van der Waals surface area contributed by atoms with E-state index in [4.69, 9.17) is 0 Å². The number of rotatable bonds is 6. The van der Waals surface area contributed by atoms with Crippen molar-refractivity contribution >= 4 is 11.6 Å². The molecule has 0 aliphatic heterocycles. The summed E-state index contributed by atoms with van der Waals surface area (Å²) in [6, 6.07) is 8.46. The largest absolute Gasteiger partial charge is 0.378 e. The van der Waals surface area contributed by atoms with Crippen LogP contribution in [0.4, 0.5) is 5.69 Å². The number of carbonyl (C=O) groups is 1. The molecule has 0 unspecified atom stereocenters. The minimum absolute atomic E-state index is 0.0763. The van der Waals surface area contributed by atoms with E-state index >= 15 is 0 Å². The van der Waals surface area contributed by atoms with Gasteiger partial charge in [0.05, 0.1) is 6.04 Å². The fourth-order valence-electron chi connectivity index (χ4n) is 1.93. The van der Waals surface area contributed by atoms with Crippen molar-refractivity contribution in [3.05, 3.63) is 29.8 Å². The first-order valence-electron chi connectivity index (χ1n) is 7.08. The minimum Gasteiger partial charge on any atom is -0.378 e. The second-order valence-electron chi connectivity index (χ2n) is 5.82. The molecule has 0 aliphatic rings. The van der Waals surface area contributed by atoms with Crippen LogP contribution in [-0.4, -0.2) is 44.0 Å². The van der Waals surface area contributed by atoms with Crippen LogP contribution in [0.1, 0.15) is 26.3 Å². The summed E-state index contributed by atoms with van der Waals surface area (Å²) in [5.41, 5.74) is 2.39. The number of amides is 1. The van der Waals surface area contributed by atoms with Crippen LogP contribution in [0.15, 0.2) is 24.3 Å². The number of carbonyl (C=O) groups excluding carboxylic acids is 1. The lowest BCUT2D eigenvalue weighted by Gasteiger charge is -2.25. The molecule has 1 N–H and O–H groups in total. The fourth-order valence-corrected chi connectivity index (χ4v) is 1.93. The maximum atomic E-state index is 12.0. The van der Waals surface area contributed by atoms with E-state index in [1.807, 2.05) is 41.9 Å². The van der Waals surface area contributed by atoms with Crippen LogP contribution < -0.4 is 10.2 Å². The average Bonchev–Trinajstić information content (AvgIpc) is 2.37. The van der Waals surface area contributed by atoms with Gasteiger partial charge in [0.25, 0.3) is 0 Å². The van der Waals surface area contributed by atoms with E-state index in [0.29, 0.717) is 0 Å². The molecule has 1 atom stereocenters. The van der Waals surface area contributed by atoms with Crippen LogP contribution in [0.3, 0.4) is 0 Å². The molecule has 112 valence electrons. The SMILES string of the molecule is CC(C)NC(=O)[C@@H](C)N(C)Cc1ccc(N(C)C)cc1. The topological polar surface area (TPSA) is 35.6 Å². The monoisotopic (exact) mass is 277 g/mol. The quantitative estimate of drug-likeness (QED) is 0.865. The van der Waals surface area contributed by atoms with Gasteiger partial charge >= 0.3 is 0 Å². The van der Waals surface area contributed by atoms with E-state index in [2.05, 4.69) is 39.4 Å². The van der Waals surface area contributed by atoms with Gasteiger partial charge in [-0.1, -0.05) is 12.1 Å². The number of likely N-dealkylation sites (N-methyl/N-ethyl adjacent to an activating group) is 1. The molecule has 20 heavy (non-hydrogen) atoms. The van der Waals surface area contributed by atoms with Crippen LogP contribution in [0, 0.1) is 0 Å². The molecule has 0 fully saturated rings. The van der Waals surface area contributed by atoms with Crippen LogP contribution in [0.5, 0.6) is 0 Å².